The van der Waals surface area contributed by atoms with Gasteiger partial charge in [0.2, 0.25) is 15.9 Å². The summed E-state index contributed by atoms with van der Waals surface area (Å²) in [6.45, 7) is 3.03. The Morgan fingerprint density at radius 3 is 2.57 bits per heavy atom. The summed E-state index contributed by atoms with van der Waals surface area (Å²) in [5, 5.41) is 0. The average molecular weight is 399 g/mol. The second-order valence-electron chi connectivity index (χ2n) is 7.79. The molecule has 0 bridgehead atoms. The van der Waals surface area contributed by atoms with Crippen LogP contribution in [0.4, 0.5) is 5.69 Å². The van der Waals surface area contributed by atoms with Crippen LogP contribution in [0.3, 0.4) is 0 Å². The average Bonchev–Trinajstić information content (AvgIpc) is 3.05. The first-order chi connectivity index (χ1) is 13.4. The van der Waals surface area contributed by atoms with Crippen LogP contribution in [0, 0.1) is 12.8 Å². The van der Waals surface area contributed by atoms with Gasteiger partial charge < -0.3 is 4.90 Å². The zero-order valence-electron chi connectivity index (χ0n) is 16.1. The number of carbonyl (C=O) groups is 1. The summed E-state index contributed by atoms with van der Waals surface area (Å²) in [5.74, 6) is 0.342. The number of anilines is 1. The van der Waals surface area contributed by atoms with Crippen LogP contribution in [0.25, 0.3) is 0 Å². The molecule has 4 rings (SSSR count). The molecule has 0 atom stereocenters. The molecule has 1 fully saturated rings. The molecular weight excluding hydrogens is 372 g/mol. The van der Waals surface area contributed by atoms with E-state index >= 15 is 0 Å². The van der Waals surface area contributed by atoms with Crippen molar-refractivity contribution in [3.05, 3.63) is 59.2 Å². The van der Waals surface area contributed by atoms with E-state index in [9.17, 15) is 13.2 Å². The Balaban J connectivity index is 1.42. The first kappa shape index (κ1) is 19.2. The molecule has 1 amide bonds. The third kappa shape index (κ3) is 3.84. The molecule has 0 spiro atoms. The van der Waals surface area contributed by atoms with Crippen molar-refractivity contribution >= 4 is 21.6 Å². The summed E-state index contributed by atoms with van der Waals surface area (Å²) < 4.78 is 28.0. The first-order valence-corrected chi connectivity index (χ1v) is 11.4. The van der Waals surface area contributed by atoms with Crippen LogP contribution >= 0.6 is 0 Å². The molecule has 1 saturated carbocycles. The number of carbonyl (C=O) groups excluding carboxylic acids is 1. The van der Waals surface area contributed by atoms with Crippen molar-refractivity contribution in [2.45, 2.75) is 43.9 Å². The van der Waals surface area contributed by atoms with Gasteiger partial charge in [-0.2, -0.15) is 0 Å². The molecule has 0 aromatic heterocycles. The first-order valence-electron chi connectivity index (χ1n) is 9.93. The Hall–Kier alpha value is -2.18. The Morgan fingerprint density at radius 1 is 1.14 bits per heavy atom. The molecular formula is C22H26N2O3S. The number of aryl methyl sites for hydroxylation is 1. The second-order valence-corrected chi connectivity index (χ2v) is 9.56. The van der Waals surface area contributed by atoms with Crippen LogP contribution in [-0.2, 0) is 27.7 Å². The minimum Gasteiger partial charge on any atom is -0.312 e. The predicted molar refractivity (Wildman–Crippen MR) is 110 cm³/mol. The summed E-state index contributed by atoms with van der Waals surface area (Å²) in [7, 11) is -3.56. The molecule has 1 N–H and O–H groups in total. The van der Waals surface area contributed by atoms with Crippen molar-refractivity contribution in [1.82, 2.24) is 4.72 Å². The number of nitrogens with zero attached hydrogens (tertiary/aromatic N) is 1. The highest BCUT2D eigenvalue weighted by atomic mass is 32.2. The fourth-order valence-electron chi connectivity index (χ4n) is 3.82. The van der Waals surface area contributed by atoms with Gasteiger partial charge in [0, 0.05) is 24.7 Å². The fraction of sp³-hybridized carbons (Fsp3) is 0.409. The number of hydrogen-bond donors (Lipinski definition) is 1. The third-order valence-corrected chi connectivity index (χ3v) is 7.26. The molecule has 6 heteroatoms. The summed E-state index contributed by atoms with van der Waals surface area (Å²) in [4.78, 5) is 14.7. The van der Waals surface area contributed by atoms with Gasteiger partial charge in [-0.05, 0) is 61.9 Å². The van der Waals surface area contributed by atoms with Crippen LogP contribution in [0.5, 0.6) is 0 Å². The maximum absolute atomic E-state index is 12.7. The van der Waals surface area contributed by atoms with E-state index in [1.807, 2.05) is 36.1 Å². The Kier molecular flexibility index (Phi) is 5.25. The number of nitrogens with one attached hydrogen (secondary N) is 1. The lowest BCUT2D eigenvalue weighted by Crippen LogP contribution is -2.37. The Morgan fingerprint density at radius 2 is 1.89 bits per heavy atom. The summed E-state index contributed by atoms with van der Waals surface area (Å²) >= 11 is 0. The standard InChI is InChI=1S/C22H26N2O3S/c1-16-5-7-17(8-6-16)11-13-23-28(26,27)20-9-10-21-19(15-20)12-14-24(21)22(25)18-3-2-4-18/h5-10,15,18,23H,2-4,11-14H2,1H3. The molecule has 28 heavy (non-hydrogen) atoms. The summed E-state index contributed by atoms with van der Waals surface area (Å²) in [6.07, 6.45) is 4.43. The molecule has 0 radical (unpaired) electrons. The maximum Gasteiger partial charge on any atom is 0.240 e. The van der Waals surface area contributed by atoms with Crippen LogP contribution in [0.2, 0.25) is 0 Å². The molecule has 148 valence electrons. The van der Waals surface area contributed by atoms with Crippen LogP contribution < -0.4 is 9.62 Å². The van der Waals surface area contributed by atoms with Crippen molar-refractivity contribution in [2.75, 3.05) is 18.0 Å². The van der Waals surface area contributed by atoms with Gasteiger partial charge in [-0.1, -0.05) is 36.2 Å². The lowest BCUT2D eigenvalue weighted by molar-refractivity contribution is -0.124. The summed E-state index contributed by atoms with van der Waals surface area (Å²) in [5.41, 5.74) is 4.10. The third-order valence-electron chi connectivity index (χ3n) is 5.80. The van der Waals surface area contributed by atoms with Gasteiger partial charge in [0.05, 0.1) is 4.90 Å². The van der Waals surface area contributed by atoms with Gasteiger partial charge in [-0.3, -0.25) is 4.79 Å². The van der Waals surface area contributed by atoms with E-state index in [2.05, 4.69) is 4.72 Å². The predicted octanol–water partition coefficient (Wildman–Crippen LogP) is 3.21. The Labute approximate surface area is 166 Å². The van der Waals surface area contributed by atoms with Gasteiger partial charge in [-0.15, -0.1) is 0 Å². The van der Waals surface area contributed by atoms with Crippen molar-refractivity contribution in [3.8, 4) is 0 Å². The zero-order valence-corrected chi connectivity index (χ0v) is 17.0. The van der Waals surface area contributed by atoms with Crippen molar-refractivity contribution in [1.29, 1.82) is 0 Å². The number of sulfonamides is 1. The fourth-order valence-corrected chi connectivity index (χ4v) is 4.90. The molecule has 1 heterocycles. The highest BCUT2D eigenvalue weighted by Gasteiger charge is 2.33. The quantitative estimate of drug-likeness (QED) is 0.813. The largest absolute Gasteiger partial charge is 0.312 e. The van der Waals surface area contributed by atoms with E-state index in [4.69, 9.17) is 0 Å². The highest BCUT2D eigenvalue weighted by molar-refractivity contribution is 7.89. The second kappa shape index (κ2) is 7.68. The molecule has 2 aliphatic rings. The normalized spacial score (nSPS) is 16.7. The Bertz CT molecular complexity index is 979. The van der Waals surface area contributed by atoms with E-state index in [1.54, 1.807) is 18.2 Å². The van der Waals surface area contributed by atoms with E-state index in [1.165, 1.54) is 5.56 Å². The zero-order chi connectivity index (χ0) is 19.7. The highest BCUT2D eigenvalue weighted by Crippen LogP contribution is 2.35. The minimum atomic E-state index is -3.56. The number of rotatable bonds is 6. The maximum atomic E-state index is 12.7. The number of hydrogen-bond acceptors (Lipinski definition) is 3. The van der Waals surface area contributed by atoms with E-state index in [0.29, 0.717) is 25.9 Å². The minimum absolute atomic E-state index is 0.151. The van der Waals surface area contributed by atoms with Crippen molar-refractivity contribution in [2.24, 2.45) is 5.92 Å². The molecule has 2 aromatic rings. The molecule has 2 aromatic carbocycles. The number of fused-ring (bicyclic) bond motifs is 1. The number of amides is 1. The van der Waals surface area contributed by atoms with Gasteiger partial charge in [0.1, 0.15) is 0 Å². The van der Waals surface area contributed by atoms with Gasteiger partial charge in [-0.25, -0.2) is 13.1 Å². The molecule has 1 aliphatic heterocycles. The van der Waals surface area contributed by atoms with E-state index in [-0.39, 0.29) is 16.7 Å². The van der Waals surface area contributed by atoms with Crippen LogP contribution in [0.1, 0.15) is 36.0 Å². The topological polar surface area (TPSA) is 66.5 Å². The lowest BCUT2D eigenvalue weighted by Gasteiger charge is -2.29. The van der Waals surface area contributed by atoms with E-state index in [0.717, 1.165) is 36.1 Å². The molecule has 0 unspecified atom stereocenters. The SMILES string of the molecule is Cc1ccc(CCNS(=O)(=O)c2ccc3c(c2)CCN3C(=O)C2CCC2)cc1. The molecule has 5 nitrogen and oxygen atoms in total. The smallest absolute Gasteiger partial charge is 0.240 e. The lowest BCUT2D eigenvalue weighted by atomic mass is 9.84. The molecule has 0 saturated heterocycles. The van der Waals surface area contributed by atoms with Gasteiger partial charge in [0.15, 0.2) is 0 Å². The number of benzene rings is 2. The van der Waals surface area contributed by atoms with Crippen molar-refractivity contribution in [3.63, 3.8) is 0 Å². The van der Waals surface area contributed by atoms with Crippen LogP contribution in [0.15, 0.2) is 47.4 Å². The van der Waals surface area contributed by atoms with Gasteiger partial charge in [0.25, 0.3) is 0 Å². The van der Waals surface area contributed by atoms with E-state index < -0.39 is 10.0 Å². The summed E-state index contributed by atoms with van der Waals surface area (Å²) in [6, 6.07) is 13.2. The van der Waals surface area contributed by atoms with Crippen LogP contribution in [-0.4, -0.2) is 27.4 Å². The monoisotopic (exact) mass is 398 g/mol. The van der Waals surface area contributed by atoms with Gasteiger partial charge >= 0.3 is 0 Å². The molecule has 1 aliphatic carbocycles. The van der Waals surface area contributed by atoms with Crippen molar-refractivity contribution < 1.29 is 13.2 Å².